The number of nitrogens with zero attached hydrogens (tertiary/aromatic N) is 4. The summed E-state index contributed by atoms with van der Waals surface area (Å²) in [5.41, 5.74) is 2.06. The zero-order valence-corrected chi connectivity index (χ0v) is 14.5. The van der Waals surface area contributed by atoms with Crippen molar-refractivity contribution in [1.82, 2.24) is 14.8 Å². The summed E-state index contributed by atoms with van der Waals surface area (Å²) >= 11 is 6.44. The lowest BCUT2D eigenvalue weighted by Crippen LogP contribution is -2.41. The second-order valence-corrected chi connectivity index (χ2v) is 6.50. The van der Waals surface area contributed by atoms with Crippen LogP contribution in [0.3, 0.4) is 0 Å². The monoisotopic (exact) mass is 352 g/mol. The summed E-state index contributed by atoms with van der Waals surface area (Å²) in [7, 11) is 0. The second-order valence-electron chi connectivity index (χ2n) is 6.09. The van der Waals surface area contributed by atoms with Gasteiger partial charge >= 0.3 is 0 Å². The summed E-state index contributed by atoms with van der Waals surface area (Å²) in [6.45, 7) is 1.56. The first-order valence-corrected chi connectivity index (χ1v) is 8.53. The number of hydrogen-bond donors (Lipinski definition) is 0. The fraction of sp³-hybridized carbons (Fsp3) is 0.211. The minimum Gasteiger partial charge on any atom is -0.275 e. The molecule has 6 heteroatoms. The molecule has 5 nitrogen and oxygen atoms in total. The largest absolute Gasteiger partial charge is 0.275 e. The first-order chi connectivity index (χ1) is 12.2. The van der Waals surface area contributed by atoms with Crippen LogP contribution >= 0.6 is 11.6 Å². The van der Waals surface area contributed by atoms with Gasteiger partial charge in [-0.25, -0.2) is 4.68 Å². The number of rotatable bonds is 2. The molecule has 2 aromatic carbocycles. The zero-order chi connectivity index (χ0) is 17.4. The quantitative estimate of drug-likeness (QED) is 0.700. The van der Waals surface area contributed by atoms with Gasteiger partial charge in [0.1, 0.15) is 6.33 Å². The Bertz CT molecular complexity index is 909. The van der Waals surface area contributed by atoms with Gasteiger partial charge in [-0.15, -0.1) is 0 Å². The third-order valence-electron chi connectivity index (χ3n) is 4.61. The van der Waals surface area contributed by atoms with Crippen molar-refractivity contribution in [3.63, 3.8) is 0 Å². The number of halogens is 1. The van der Waals surface area contributed by atoms with E-state index in [0.29, 0.717) is 17.4 Å². The molecule has 0 N–H and O–H groups in total. The van der Waals surface area contributed by atoms with Crippen LogP contribution in [-0.2, 0) is 4.79 Å². The highest BCUT2D eigenvalue weighted by atomic mass is 35.5. The lowest BCUT2D eigenvalue weighted by molar-refractivity contribution is -0.117. The van der Waals surface area contributed by atoms with Gasteiger partial charge in [0.05, 0.1) is 12.1 Å². The summed E-state index contributed by atoms with van der Waals surface area (Å²) in [5, 5.41) is 5.06. The molecule has 0 spiro atoms. The maximum absolute atomic E-state index is 12.4. The van der Waals surface area contributed by atoms with Gasteiger partial charge in [0.25, 0.3) is 0 Å². The van der Waals surface area contributed by atoms with Gasteiger partial charge in [0.15, 0.2) is 0 Å². The van der Waals surface area contributed by atoms with E-state index in [1.165, 1.54) is 6.33 Å². The molecule has 25 heavy (non-hydrogen) atoms. The third-order valence-corrected chi connectivity index (χ3v) is 4.96. The molecule has 3 aromatic rings. The lowest BCUT2D eigenvalue weighted by Gasteiger charge is -2.38. The number of carbonyl (C=O) groups excluding carboxylic acids is 1. The highest BCUT2D eigenvalue weighted by Gasteiger charge is 2.38. The first-order valence-electron chi connectivity index (χ1n) is 8.15. The number of fused-ring (bicyclic) bond motifs is 1. The van der Waals surface area contributed by atoms with Crippen molar-refractivity contribution in [3.8, 4) is 0 Å². The second kappa shape index (κ2) is 6.33. The summed E-state index contributed by atoms with van der Waals surface area (Å²) in [4.78, 5) is 18.4. The van der Waals surface area contributed by atoms with Gasteiger partial charge in [-0.1, -0.05) is 60.1 Å². The highest BCUT2D eigenvalue weighted by Crippen LogP contribution is 2.43. The van der Waals surface area contributed by atoms with E-state index in [1.54, 1.807) is 16.5 Å². The van der Waals surface area contributed by atoms with Crippen molar-refractivity contribution >= 4 is 23.5 Å². The van der Waals surface area contributed by atoms with Crippen LogP contribution in [0, 0.1) is 0 Å². The van der Waals surface area contributed by atoms with Gasteiger partial charge in [0.2, 0.25) is 11.9 Å². The Kier molecular flexibility index (Phi) is 4.01. The topological polar surface area (TPSA) is 51.0 Å². The van der Waals surface area contributed by atoms with E-state index in [-0.39, 0.29) is 18.0 Å². The molecule has 0 aliphatic carbocycles. The molecule has 0 fully saturated rings. The summed E-state index contributed by atoms with van der Waals surface area (Å²) in [5.74, 6) is 0.498. The Labute approximate surface area is 150 Å². The van der Waals surface area contributed by atoms with Crippen LogP contribution in [-0.4, -0.2) is 20.7 Å². The Hall–Kier alpha value is -2.66. The van der Waals surface area contributed by atoms with E-state index in [9.17, 15) is 4.79 Å². The molecular weight excluding hydrogens is 336 g/mol. The van der Waals surface area contributed by atoms with Crippen LogP contribution in [0.2, 0.25) is 5.02 Å². The van der Waals surface area contributed by atoms with Crippen molar-refractivity contribution in [1.29, 1.82) is 0 Å². The number of aromatic nitrogens is 3. The molecule has 1 aliphatic heterocycles. The smallest absolute Gasteiger partial charge is 0.231 e. The fourth-order valence-corrected chi connectivity index (χ4v) is 3.78. The van der Waals surface area contributed by atoms with Crippen molar-refractivity contribution in [3.05, 3.63) is 77.1 Å². The predicted octanol–water partition coefficient (Wildman–Crippen LogP) is 4.02. The number of carbonyl (C=O) groups is 1. The molecule has 2 atom stereocenters. The Morgan fingerprint density at radius 2 is 1.80 bits per heavy atom. The minimum absolute atomic E-state index is 0.0549. The molecule has 1 aromatic heterocycles. The lowest BCUT2D eigenvalue weighted by atomic mass is 9.92. The Morgan fingerprint density at radius 3 is 2.52 bits per heavy atom. The van der Waals surface area contributed by atoms with Gasteiger partial charge in [-0.2, -0.15) is 10.1 Å². The van der Waals surface area contributed by atoms with Crippen molar-refractivity contribution < 1.29 is 4.79 Å². The molecule has 126 valence electrons. The van der Waals surface area contributed by atoms with Crippen LogP contribution in [0.25, 0.3) is 0 Å². The van der Waals surface area contributed by atoms with E-state index >= 15 is 0 Å². The van der Waals surface area contributed by atoms with E-state index in [0.717, 1.165) is 11.1 Å². The van der Waals surface area contributed by atoms with Crippen molar-refractivity contribution in [2.45, 2.75) is 25.4 Å². The van der Waals surface area contributed by atoms with Crippen molar-refractivity contribution in [2.75, 3.05) is 4.90 Å². The Morgan fingerprint density at radius 1 is 1.08 bits per heavy atom. The van der Waals surface area contributed by atoms with E-state index in [4.69, 9.17) is 11.6 Å². The molecule has 4 rings (SSSR count). The summed E-state index contributed by atoms with van der Waals surface area (Å²) in [6, 6.07) is 17.6. The number of benzene rings is 2. The molecule has 1 amide bonds. The minimum atomic E-state index is -0.114. The maximum atomic E-state index is 12.4. The summed E-state index contributed by atoms with van der Waals surface area (Å²) in [6.07, 6.45) is 2.17. The van der Waals surface area contributed by atoms with Crippen LogP contribution in [0.1, 0.15) is 36.6 Å². The van der Waals surface area contributed by atoms with Gasteiger partial charge < -0.3 is 0 Å². The van der Waals surface area contributed by atoms with E-state index < -0.39 is 0 Å². The van der Waals surface area contributed by atoms with Crippen LogP contribution in [0.5, 0.6) is 0 Å². The van der Waals surface area contributed by atoms with Crippen LogP contribution < -0.4 is 4.90 Å². The standard InChI is InChI=1S/C19H17ClN4O/c1-13(25)23-17(14-7-3-2-4-8-14)11-18(24-19(23)21-12-22-24)15-9-5-6-10-16(15)20/h2-10,12,17-18H,11H2,1H3/t17-,18-/m0/s1. The summed E-state index contributed by atoms with van der Waals surface area (Å²) < 4.78 is 1.79. The van der Waals surface area contributed by atoms with Gasteiger partial charge in [-0.3, -0.25) is 9.69 Å². The number of anilines is 1. The van der Waals surface area contributed by atoms with Crippen LogP contribution in [0.4, 0.5) is 5.95 Å². The molecule has 1 aliphatic rings. The number of hydrogen-bond acceptors (Lipinski definition) is 3. The van der Waals surface area contributed by atoms with E-state index in [2.05, 4.69) is 10.1 Å². The average molecular weight is 353 g/mol. The molecule has 2 heterocycles. The van der Waals surface area contributed by atoms with Crippen LogP contribution in [0.15, 0.2) is 60.9 Å². The molecule has 0 unspecified atom stereocenters. The maximum Gasteiger partial charge on any atom is 0.231 e. The average Bonchev–Trinajstić information content (AvgIpc) is 3.11. The Balaban J connectivity index is 1.87. The third kappa shape index (κ3) is 2.70. The highest BCUT2D eigenvalue weighted by molar-refractivity contribution is 6.31. The van der Waals surface area contributed by atoms with Gasteiger partial charge in [0, 0.05) is 11.9 Å². The van der Waals surface area contributed by atoms with Gasteiger partial charge in [-0.05, 0) is 23.6 Å². The molecule has 0 radical (unpaired) electrons. The molecule has 0 saturated carbocycles. The SMILES string of the molecule is CC(=O)N1c2ncnn2[C@H](c2ccccc2Cl)C[C@H]1c1ccccc1. The molecule has 0 bridgehead atoms. The van der Waals surface area contributed by atoms with E-state index in [1.807, 2.05) is 54.6 Å². The number of amides is 1. The molecule has 0 saturated heterocycles. The molecular formula is C19H17ClN4O. The fourth-order valence-electron chi connectivity index (χ4n) is 3.52. The predicted molar refractivity (Wildman–Crippen MR) is 96.6 cm³/mol. The normalized spacial score (nSPS) is 19.5. The zero-order valence-electron chi connectivity index (χ0n) is 13.7. The first kappa shape index (κ1) is 15.8. The van der Waals surface area contributed by atoms with Crippen molar-refractivity contribution in [2.24, 2.45) is 0 Å².